The molecule has 14 heavy (non-hydrogen) atoms. The van der Waals surface area contributed by atoms with Gasteiger partial charge in [-0.3, -0.25) is 4.79 Å². The molecular formula is C8H13N3O2S. The molecule has 78 valence electrons. The van der Waals surface area contributed by atoms with Crippen LogP contribution in [-0.4, -0.2) is 19.6 Å². The summed E-state index contributed by atoms with van der Waals surface area (Å²) in [6.07, 6.45) is 0. The van der Waals surface area contributed by atoms with Crippen LogP contribution in [0.3, 0.4) is 0 Å². The highest BCUT2D eigenvalue weighted by atomic mass is 32.1. The summed E-state index contributed by atoms with van der Waals surface area (Å²) in [4.78, 5) is 11.3. The SMILES string of the molecule is CCNc1sc(C(N)=O)c(N)c1OC. The Bertz CT molecular complexity index is 349. The van der Waals surface area contributed by atoms with Gasteiger partial charge in [-0.15, -0.1) is 11.3 Å². The van der Waals surface area contributed by atoms with Gasteiger partial charge < -0.3 is 21.5 Å². The Balaban J connectivity index is 3.17. The van der Waals surface area contributed by atoms with Crippen molar-refractivity contribution in [3.63, 3.8) is 0 Å². The van der Waals surface area contributed by atoms with Crippen molar-refractivity contribution in [1.29, 1.82) is 0 Å². The van der Waals surface area contributed by atoms with Crippen LogP contribution in [0.15, 0.2) is 0 Å². The molecule has 0 aromatic carbocycles. The summed E-state index contributed by atoms with van der Waals surface area (Å²) in [5, 5.41) is 3.79. The Hall–Kier alpha value is -1.43. The monoisotopic (exact) mass is 215 g/mol. The molecule has 1 aromatic rings. The molecule has 0 radical (unpaired) electrons. The van der Waals surface area contributed by atoms with Gasteiger partial charge in [-0.05, 0) is 6.92 Å². The Morgan fingerprint density at radius 1 is 1.64 bits per heavy atom. The molecule has 0 aliphatic heterocycles. The minimum atomic E-state index is -0.532. The highest BCUT2D eigenvalue weighted by Crippen LogP contribution is 2.41. The Labute approximate surface area is 86.0 Å². The van der Waals surface area contributed by atoms with E-state index in [1.165, 1.54) is 18.4 Å². The molecule has 1 aromatic heterocycles. The van der Waals surface area contributed by atoms with E-state index in [1.807, 2.05) is 6.92 Å². The lowest BCUT2D eigenvalue weighted by molar-refractivity contribution is 0.100. The number of ether oxygens (including phenoxy) is 1. The molecule has 5 N–H and O–H groups in total. The zero-order valence-electron chi connectivity index (χ0n) is 8.09. The van der Waals surface area contributed by atoms with Crippen LogP contribution in [0, 0.1) is 0 Å². The summed E-state index contributed by atoms with van der Waals surface area (Å²) in [6.45, 7) is 2.67. The largest absolute Gasteiger partial charge is 0.492 e. The number of hydrogen-bond acceptors (Lipinski definition) is 5. The molecule has 1 amide bonds. The quantitative estimate of drug-likeness (QED) is 0.695. The number of hydrogen-bond donors (Lipinski definition) is 3. The third-order valence-electron chi connectivity index (χ3n) is 1.66. The first-order chi connectivity index (χ1) is 6.61. The predicted octanol–water partition coefficient (Wildman–Crippen LogP) is 0.870. The lowest BCUT2D eigenvalue weighted by atomic mass is 10.3. The lowest BCUT2D eigenvalue weighted by Gasteiger charge is -2.03. The molecule has 0 aliphatic carbocycles. The number of amides is 1. The van der Waals surface area contributed by atoms with Gasteiger partial charge >= 0.3 is 0 Å². The van der Waals surface area contributed by atoms with Crippen LogP contribution in [0.2, 0.25) is 0 Å². The molecule has 0 saturated carbocycles. The molecule has 0 aliphatic rings. The molecule has 0 bridgehead atoms. The first kappa shape index (κ1) is 10.6. The molecule has 0 fully saturated rings. The third-order valence-corrected chi connectivity index (χ3v) is 2.82. The van der Waals surface area contributed by atoms with Crippen LogP contribution in [0.4, 0.5) is 10.7 Å². The maximum absolute atomic E-state index is 11.0. The first-order valence-corrected chi connectivity index (χ1v) is 4.93. The highest BCUT2D eigenvalue weighted by molar-refractivity contribution is 7.19. The topological polar surface area (TPSA) is 90.4 Å². The van der Waals surface area contributed by atoms with Crippen molar-refractivity contribution < 1.29 is 9.53 Å². The van der Waals surface area contributed by atoms with Gasteiger partial charge in [-0.1, -0.05) is 0 Å². The number of carbonyl (C=O) groups excluding carboxylic acids is 1. The normalized spacial score (nSPS) is 9.86. The van der Waals surface area contributed by atoms with Gasteiger partial charge in [0, 0.05) is 6.54 Å². The number of thiophene rings is 1. The Morgan fingerprint density at radius 2 is 2.29 bits per heavy atom. The molecule has 0 unspecified atom stereocenters. The highest BCUT2D eigenvalue weighted by Gasteiger charge is 2.19. The van der Waals surface area contributed by atoms with E-state index in [0.717, 1.165) is 11.5 Å². The van der Waals surface area contributed by atoms with Gasteiger partial charge in [-0.25, -0.2) is 0 Å². The van der Waals surface area contributed by atoms with Crippen molar-refractivity contribution in [3.8, 4) is 5.75 Å². The van der Waals surface area contributed by atoms with E-state index in [2.05, 4.69) is 5.32 Å². The number of methoxy groups -OCH3 is 1. The van der Waals surface area contributed by atoms with Gasteiger partial charge in [0.1, 0.15) is 15.6 Å². The number of anilines is 2. The Kier molecular flexibility index (Phi) is 3.19. The van der Waals surface area contributed by atoms with Crippen LogP contribution in [0.25, 0.3) is 0 Å². The van der Waals surface area contributed by atoms with E-state index in [0.29, 0.717) is 16.3 Å². The molecule has 1 heterocycles. The van der Waals surface area contributed by atoms with E-state index in [-0.39, 0.29) is 0 Å². The van der Waals surface area contributed by atoms with Gasteiger partial charge in [0.2, 0.25) is 0 Å². The smallest absolute Gasteiger partial charge is 0.261 e. The molecule has 1 rings (SSSR count). The number of primary amides is 1. The second-order valence-electron chi connectivity index (χ2n) is 2.60. The fourth-order valence-electron chi connectivity index (χ4n) is 1.09. The summed E-state index contributed by atoms with van der Waals surface area (Å²) in [5.41, 5.74) is 11.2. The van der Waals surface area contributed by atoms with Gasteiger partial charge in [0.05, 0.1) is 7.11 Å². The van der Waals surface area contributed by atoms with Crippen LogP contribution in [0.5, 0.6) is 5.75 Å². The van der Waals surface area contributed by atoms with Gasteiger partial charge in [0.25, 0.3) is 5.91 Å². The molecular weight excluding hydrogens is 202 g/mol. The zero-order chi connectivity index (χ0) is 10.7. The fraction of sp³-hybridized carbons (Fsp3) is 0.375. The van der Waals surface area contributed by atoms with E-state index in [1.54, 1.807) is 0 Å². The fourth-order valence-corrected chi connectivity index (χ4v) is 2.10. The number of nitrogens with one attached hydrogen (secondary N) is 1. The maximum Gasteiger partial charge on any atom is 0.261 e. The van der Waals surface area contributed by atoms with Crippen molar-refractivity contribution >= 4 is 27.9 Å². The average Bonchev–Trinajstić information content (AvgIpc) is 2.43. The van der Waals surface area contributed by atoms with E-state index in [9.17, 15) is 4.79 Å². The lowest BCUT2D eigenvalue weighted by Crippen LogP contribution is -2.10. The molecule has 6 heteroatoms. The zero-order valence-corrected chi connectivity index (χ0v) is 8.90. The number of nitrogens with two attached hydrogens (primary N) is 2. The minimum Gasteiger partial charge on any atom is -0.492 e. The van der Waals surface area contributed by atoms with Crippen molar-refractivity contribution in [2.75, 3.05) is 24.7 Å². The molecule has 0 atom stereocenters. The van der Waals surface area contributed by atoms with Crippen LogP contribution >= 0.6 is 11.3 Å². The van der Waals surface area contributed by atoms with E-state index in [4.69, 9.17) is 16.2 Å². The summed E-state index contributed by atoms with van der Waals surface area (Å²) < 4.78 is 5.07. The van der Waals surface area contributed by atoms with Crippen molar-refractivity contribution in [1.82, 2.24) is 0 Å². The van der Waals surface area contributed by atoms with Gasteiger partial charge in [-0.2, -0.15) is 0 Å². The van der Waals surface area contributed by atoms with Crippen molar-refractivity contribution in [2.24, 2.45) is 5.73 Å². The second-order valence-corrected chi connectivity index (χ2v) is 3.62. The van der Waals surface area contributed by atoms with Crippen molar-refractivity contribution in [2.45, 2.75) is 6.92 Å². The summed E-state index contributed by atoms with van der Waals surface area (Å²) >= 11 is 1.21. The third kappa shape index (κ3) is 1.74. The number of rotatable bonds is 4. The summed E-state index contributed by atoms with van der Waals surface area (Å²) in [6, 6.07) is 0. The Morgan fingerprint density at radius 3 is 2.71 bits per heavy atom. The maximum atomic E-state index is 11.0. The van der Waals surface area contributed by atoms with Crippen LogP contribution in [0.1, 0.15) is 16.6 Å². The van der Waals surface area contributed by atoms with Crippen LogP contribution in [-0.2, 0) is 0 Å². The second kappa shape index (κ2) is 4.19. The average molecular weight is 215 g/mol. The summed E-state index contributed by atoms with van der Waals surface area (Å²) in [5.74, 6) is -0.0411. The molecule has 0 saturated heterocycles. The van der Waals surface area contributed by atoms with E-state index >= 15 is 0 Å². The van der Waals surface area contributed by atoms with Crippen molar-refractivity contribution in [3.05, 3.63) is 4.88 Å². The number of carbonyl (C=O) groups is 1. The molecule has 5 nitrogen and oxygen atoms in total. The standard InChI is InChI=1S/C8H13N3O2S/c1-3-11-8-5(13-2)4(9)6(14-8)7(10)12/h11H,3,9H2,1-2H3,(H2,10,12). The van der Waals surface area contributed by atoms with Gasteiger partial charge in [0.15, 0.2) is 5.75 Å². The minimum absolute atomic E-state index is 0.306. The molecule has 0 spiro atoms. The van der Waals surface area contributed by atoms with Crippen LogP contribution < -0.4 is 21.5 Å². The predicted molar refractivity (Wildman–Crippen MR) is 58.0 cm³/mol. The number of nitrogen functional groups attached to an aromatic ring is 1. The van der Waals surface area contributed by atoms with E-state index < -0.39 is 5.91 Å². The summed E-state index contributed by atoms with van der Waals surface area (Å²) in [7, 11) is 1.50. The first-order valence-electron chi connectivity index (χ1n) is 4.11.